The number of amides is 1. The standard InChI is InChI=1S/C14H26N2O3/c1-10(2)6-16(7-11(3)4)9-12-8-15(5)13(17)14(18)19-12/h10-12H,6-9H2,1-5H3. The zero-order valence-corrected chi connectivity index (χ0v) is 12.7. The first-order valence-electron chi connectivity index (χ1n) is 6.98. The van der Waals surface area contributed by atoms with Gasteiger partial charge in [-0.15, -0.1) is 0 Å². The molecule has 1 saturated heterocycles. The summed E-state index contributed by atoms with van der Waals surface area (Å²) in [5.41, 5.74) is 0. The molecule has 0 aromatic carbocycles. The molecule has 110 valence electrons. The summed E-state index contributed by atoms with van der Waals surface area (Å²) in [6, 6.07) is 0. The lowest BCUT2D eigenvalue weighted by Crippen LogP contribution is -2.52. The highest BCUT2D eigenvalue weighted by atomic mass is 16.6. The smallest absolute Gasteiger partial charge is 0.397 e. The van der Waals surface area contributed by atoms with Crippen LogP contribution in [0.3, 0.4) is 0 Å². The predicted octanol–water partition coefficient (Wildman–Crippen LogP) is 0.984. The van der Waals surface area contributed by atoms with Crippen LogP contribution in [0.2, 0.25) is 0 Å². The van der Waals surface area contributed by atoms with Gasteiger partial charge in [-0.05, 0) is 11.8 Å². The molecule has 0 radical (unpaired) electrons. The van der Waals surface area contributed by atoms with Gasteiger partial charge in [0.05, 0.1) is 6.54 Å². The number of carbonyl (C=O) groups is 2. The van der Waals surface area contributed by atoms with Gasteiger partial charge in [0.1, 0.15) is 6.10 Å². The molecule has 1 rings (SSSR count). The van der Waals surface area contributed by atoms with Crippen molar-refractivity contribution in [1.29, 1.82) is 0 Å². The van der Waals surface area contributed by atoms with Crippen LogP contribution in [0.5, 0.6) is 0 Å². The van der Waals surface area contributed by atoms with Crippen LogP contribution in [0.4, 0.5) is 0 Å². The van der Waals surface area contributed by atoms with Crippen molar-refractivity contribution in [3.05, 3.63) is 0 Å². The van der Waals surface area contributed by atoms with Crippen LogP contribution in [0.25, 0.3) is 0 Å². The van der Waals surface area contributed by atoms with E-state index in [1.165, 1.54) is 4.90 Å². The number of nitrogens with zero attached hydrogens (tertiary/aromatic N) is 2. The van der Waals surface area contributed by atoms with Gasteiger partial charge in [0.15, 0.2) is 0 Å². The molecule has 1 fully saturated rings. The minimum atomic E-state index is -0.729. The van der Waals surface area contributed by atoms with Crippen molar-refractivity contribution < 1.29 is 14.3 Å². The largest absolute Gasteiger partial charge is 0.452 e. The van der Waals surface area contributed by atoms with E-state index in [1.807, 2.05) is 0 Å². The first kappa shape index (κ1) is 16.0. The van der Waals surface area contributed by atoms with E-state index in [9.17, 15) is 9.59 Å². The minimum Gasteiger partial charge on any atom is -0.452 e. The minimum absolute atomic E-state index is 0.215. The maximum absolute atomic E-state index is 11.4. The lowest BCUT2D eigenvalue weighted by atomic mass is 10.1. The fourth-order valence-corrected chi connectivity index (χ4v) is 2.42. The Kier molecular flexibility index (Phi) is 5.79. The molecule has 1 heterocycles. The molecule has 5 heteroatoms. The number of morpholine rings is 1. The highest BCUT2D eigenvalue weighted by Gasteiger charge is 2.33. The fourth-order valence-electron chi connectivity index (χ4n) is 2.42. The molecule has 0 aliphatic carbocycles. The Hall–Kier alpha value is -1.10. The van der Waals surface area contributed by atoms with Crippen molar-refractivity contribution >= 4 is 11.9 Å². The van der Waals surface area contributed by atoms with E-state index >= 15 is 0 Å². The van der Waals surface area contributed by atoms with Crippen molar-refractivity contribution in [2.45, 2.75) is 33.8 Å². The van der Waals surface area contributed by atoms with Crippen molar-refractivity contribution in [1.82, 2.24) is 9.80 Å². The summed E-state index contributed by atoms with van der Waals surface area (Å²) in [5.74, 6) is -0.141. The first-order chi connectivity index (χ1) is 8.79. The monoisotopic (exact) mass is 270 g/mol. The molecule has 1 aliphatic heterocycles. The van der Waals surface area contributed by atoms with Crippen LogP contribution < -0.4 is 0 Å². The average Bonchev–Trinajstić information content (AvgIpc) is 2.23. The lowest BCUT2D eigenvalue weighted by molar-refractivity contribution is -0.172. The summed E-state index contributed by atoms with van der Waals surface area (Å²) in [4.78, 5) is 26.5. The second-order valence-corrected chi connectivity index (χ2v) is 6.22. The normalized spacial score (nSPS) is 20.6. The summed E-state index contributed by atoms with van der Waals surface area (Å²) >= 11 is 0. The molecule has 1 atom stereocenters. The second-order valence-electron chi connectivity index (χ2n) is 6.22. The molecule has 5 nitrogen and oxygen atoms in total. The van der Waals surface area contributed by atoms with Crippen LogP contribution in [0, 0.1) is 11.8 Å². The Morgan fingerprint density at radius 1 is 1.21 bits per heavy atom. The SMILES string of the molecule is CC(C)CN(CC(C)C)CC1CN(C)C(=O)C(=O)O1. The van der Waals surface area contributed by atoms with Gasteiger partial charge in [-0.3, -0.25) is 9.69 Å². The summed E-state index contributed by atoms with van der Waals surface area (Å²) < 4.78 is 5.19. The van der Waals surface area contributed by atoms with Crippen molar-refractivity contribution in [2.75, 3.05) is 33.2 Å². The molecule has 0 aromatic heterocycles. The highest BCUT2D eigenvalue weighted by molar-refractivity contribution is 6.32. The van der Waals surface area contributed by atoms with Crippen LogP contribution in [0.15, 0.2) is 0 Å². The van der Waals surface area contributed by atoms with E-state index < -0.39 is 11.9 Å². The molecular formula is C14H26N2O3. The molecule has 0 N–H and O–H groups in total. The number of esters is 1. The second kappa shape index (κ2) is 6.89. The van der Waals surface area contributed by atoms with E-state index in [-0.39, 0.29) is 6.10 Å². The van der Waals surface area contributed by atoms with Crippen molar-refractivity contribution in [2.24, 2.45) is 11.8 Å². The third-order valence-electron chi connectivity index (χ3n) is 2.98. The Morgan fingerprint density at radius 3 is 2.16 bits per heavy atom. The maximum Gasteiger partial charge on any atom is 0.397 e. The predicted molar refractivity (Wildman–Crippen MR) is 73.6 cm³/mol. The Morgan fingerprint density at radius 2 is 1.74 bits per heavy atom. The molecule has 1 unspecified atom stereocenters. The fraction of sp³-hybridized carbons (Fsp3) is 0.857. The summed E-state index contributed by atoms with van der Waals surface area (Å²) in [5, 5.41) is 0. The van der Waals surface area contributed by atoms with Gasteiger partial charge in [-0.2, -0.15) is 0 Å². The zero-order chi connectivity index (χ0) is 14.6. The number of hydrogen-bond donors (Lipinski definition) is 0. The van der Waals surface area contributed by atoms with Crippen molar-refractivity contribution in [3.63, 3.8) is 0 Å². The van der Waals surface area contributed by atoms with Gasteiger partial charge in [0.2, 0.25) is 0 Å². The number of hydrogen-bond acceptors (Lipinski definition) is 4. The van der Waals surface area contributed by atoms with Gasteiger partial charge in [-0.25, -0.2) is 4.79 Å². The van der Waals surface area contributed by atoms with Gasteiger partial charge in [0, 0.05) is 26.7 Å². The van der Waals surface area contributed by atoms with Gasteiger partial charge in [0.25, 0.3) is 0 Å². The third-order valence-corrected chi connectivity index (χ3v) is 2.98. The molecule has 1 aliphatic rings. The molecule has 0 spiro atoms. The topological polar surface area (TPSA) is 49.9 Å². The molecule has 0 bridgehead atoms. The average molecular weight is 270 g/mol. The van der Waals surface area contributed by atoms with Crippen LogP contribution >= 0.6 is 0 Å². The van der Waals surface area contributed by atoms with E-state index in [0.717, 1.165) is 13.1 Å². The van der Waals surface area contributed by atoms with E-state index in [2.05, 4.69) is 32.6 Å². The first-order valence-corrected chi connectivity index (χ1v) is 6.98. The lowest BCUT2D eigenvalue weighted by Gasteiger charge is -2.34. The summed E-state index contributed by atoms with van der Waals surface area (Å²) in [6.07, 6.45) is -0.215. The van der Waals surface area contributed by atoms with Crippen LogP contribution in [0.1, 0.15) is 27.7 Å². The van der Waals surface area contributed by atoms with Crippen LogP contribution in [-0.4, -0.2) is 61.0 Å². The number of ether oxygens (including phenoxy) is 1. The molecule has 1 amide bonds. The van der Waals surface area contributed by atoms with Gasteiger partial charge >= 0.3 is 11.9 Å². The Bertz CT molecular complexity index is 319. The molecular weight excluding hydrogens is 244 g/mol. The molecule has 0 saturated carbocycles. The van der Waals surface area contributed by atoms with Gasteiger partial charge in [-0.1, -0.05) is 27.7 Å². The summed E-state index contributed by atoms with van der Waals surface area (Å²) in [6.45, 7) is 11.8. The number of cyclic esters (lactones) is 1. The van der Waals surface area contributed by atoms with E-state index in [1.54, 1.807) is 7.05 Å². The van der Waals surface area contributed by atoms with Gasteiger partial charge < -0.3 is 9.64 Å². The number of likely N-dealkylation sites (N-methyl/N-ethyl adjacent to an activating group) is 1. The Balaban J connectivity index is 2.58. The maximum atomic E-state index is 11.4. The third kappa shape index (κ3) is 5.19. The number of carbonyl (C=O) groups excluding carboxylic acids is 2. The van der Waals surface area contributed by atoms with Crippen LogP contribution in [-0.2, 0) is 14.3 Å². The molecule has 19 heavy (non-hydrogen) atoms. The van der Waals surface area contributed by atoms with E-state index in [0.29, 0.717) is 24.9 Å². The quantitative estimate of drug-likeness (QED) is 0.533. The Labute approximate surface area is 115 Å². The van der Waals surface area contributed by atoms with Crippen molar-refractivity contribution in [3.8, 4) is 0 Å². The highest BCUT2D eigenvalue weighted by Crippen LogP contribution is 2.11. The number of rotatable bonds is 6. The van der Waals surface area contributed by atoms with E-state index in [4.69, 9.17) is 4.74 Å². The zero-order valence-electron chi connectivity index (χ0n) is 12.7. The molecule has 0 aromatic rings. The summed E-state index contributed by atoms with van der Waals surface area (Å²) in [7, 11) is 1.64.